The zero-order valence-corrected chi connectivity index (χ0v) is 17.3. The lowest BCUT2D eigenvalue weighted by atomic mass is 9.46. The fourth-order valence-electron chi connectivity index (χ4n) is 7.45. The molecule has 5 rings (SSSR count). The second-order valence-electron chi connectivity index (χ2n) is 9.79. The number of nitrogens with zero attached hydrogens (tertiary/aromatic N) is 1. The van der Waals surface area contributed by atoms with Crippen LogP contribution >= 0.6 is 11.3 Å². The minimum Gasteiger partial charge on any atom is -0.362 e. The summed E-state index contributed by atoms with van der Waals surface area (Å²) >= 11 is 1.93. The van der Waals surface area contributed by atoms with Crippen LogP contribution in [0.1, 0.15) is 82.2 Å². The SMILES string of the molecule is CCNc1nc2c(s1)C1CC[C@@H]3[C@H](CC[C@]4(C)C(=O)CC[C@@H]34)[C@@]1(C)CC2. The number of rotatable bonds is 2. The first-order chi connectivity index (χ1) is 12.5. The molecule has 4 aliphatic carbocycles. The van der Waals surface area contributed by atoms with Crippen LogP contribution in [0.3, 0.4) is 0 Å². The van der Waals surface area contributed by atoms with Crippen molar-refractivity contribution in [3.63, 3.8) is 0 Å². The zero-order chi connectivity index (χ0) is 18.1. The Morgan fingerprint density at radius 2 is 1.96 bits per heavy atom. The van der Waals surface area contributed by atoms with Crippen LogP contribution in [-0.2, 0) is 11.2 Å². The van der Waals surface area contributed by atoms with E-state index in [2.05, 4.69) is 26.1 Å². The van der Waals surface area contributed by atoms with Gasteiger partial charge in [-0.1, -0.05) is 13.8 Å². The molecule has 0 saturated heterocycles. The van der Waals surface area contributed by atoms with Crippen molar-refractivity contribution in [2.24, 2.45) is 28.6 Å². The van der Waals surface area contributed by atoms with Gasteiger partial charge < -0.3 is 5.32 Å². The quantitative estimate of drug-likeness (QED) is 0.754. The number of anilines is 1. The highest BCUT2D eigenvalue weighted by Crippen LogP contribution is 2.67. The predicted octanol–water partition coefficient (Wildman–Crippen LogP) is 5.42. The van der Waals surface area contributed by atoms with Crippen molar-refractivity contribution in [3.05, 3.63) is 10.6 Å². The average Bonchev–Trinajstić information content (AvgIpc) is 3.15. The van der Waals surface area contributed by atoms with Gasteiger partial charge in [-0.3, -0.25) is 4.79 Å². The van der Waals surface area contributed by atoms with Gasteiger partial charge in [0, 0.05) is 29.2 Å². The van der Waals surface area contributed by atoms with Crippen LogP contribution in [0, 0.1) is 28.6 Å². The Bertz CT molecular complexity index is 743. The fraction of sp³-hybridized carbons (Fsp3) is 0.818. The summed E-state index contributed by atoms with van der Waals surface area (Å²) < 4.78 is 0. The van der Waals surface area contributed by atoms with E-state index in [4.69, 9.17) is 4.98 Å². The first-order valence-electron chi connectivity index (χ1n) is 10.7. The molecule has 0 amide bonds. The monoisotopic (exact) mass is 372 g/mol. The average molecular weight is 373 g/mol. The van der Waals surface area contributed by atoms with E-state index in [0.29, 0.717) is 23.0 Å². The van der Waals surface area contributed by atoms with Gasteiger partial charge in [0.1, 0.15) is 5.78 Å². The van der Waals surface area contributed by atoms with Gasteiger partial charge in [0.2, 0.25) is 0 Å². The number of aryl methyl sites for hydroxylation is 1. The number of carbonyl (C=O) groups is 1. The normalized spacial score (nSPS) is 44.0. The van der Waals surface area contributed by atoms with Crippen molar-refractivity contribution >= 4 is 22.3 Å². The van der Waals surface area contributed by atoms with Crippen LogP contribution in [0.2, 0.25) is 0 Å². The number of hydrogen-bond acceptors (Lipinski definition) is 4. The molecule has 142 valence electrons. The van der Waals surface area contributed by atoms with Crippen LogP contribution < -0.4 is 5.32 Å². The molecule has 1 N–H and O–H groups in total. The second-order valence-corrected chi connectivity index (χ2v) is 10.8. The van der Waals surface area contributed by atoms with Crippen molar-refractivity contribution in [3.8, 4) is 0 Å². The summed E-state index contributed by atoms with van der Waals surface area (Å²) in [5.74, 6) is 3.51. The maximum atomic E-state index is 12.6. The maximum absolute atomic E-state index is 12.6. The van der Waals surface area contributed by atoms with Gasteiger partial charge in [0.05, 0.1) is 5.69 Å². The summed E-state index contributed by atoms with van der Waals surface area (Å²) in [6, 6.07) is 0. The molecule has 1 aromatic rings. The molecule has 3 nitrogen and oxygen atoms in total. The lowest BCUT2D eigenvalue weighted by molar-refractivity contribution is -0.134. The first kappa shape index (κ1) is 17.2. The van der Waals surface area contributed by atoms with Crippen LogP contribution in [0.15, 0.2) is 0 Å². The molecule has 4 aliphatic rings. The van der Waals surface area contributed by atoms with Gasteiger partial charge in [0.15, 0.2) is 5.13 Å². The van der Waals surface area contributed by atoms with Gasteiger partial charge in [-0.25, -0.2) is 4.98 Å². The molecule has 1 heterocycles. The molecule has 1 aromatic heterocycles. The fourth-order valence-corrected chi connectivity index (χ4v) is 8.82. The van der Waals surface area contributed by atoms with Crippen molar-refractivity contribution in [1.29, 1.82) is 0 Å². The summed E-state index contributed by atoms with van der Waals surface area (Å²) in [5.41, 5.74) is 1.80. The minimum absolute atomic E-state index is 0.00684. The molecule has 0 radical (unpaired) electrons. The Kier molecular flexibility index (Phi) is 3.84. The van der Waals surface area contributed by atoms with Crippen molar-refractivity contribution in [2.75, 3.05) is 11.9 Å². The van der Waals surface area contributed by atoms with Gasteiger partial charge in [0.25, 0.3) is 0 Å². The van der Waals surface area contributed by atoms with E-state index in [-0.39, 0.29) is 5.41 Å². The lowest BCUT2D eigenvalue weighted by Crippen LogP contribution is -2.52. The van der Waals surface area contributed by atoms with Gasteiger partial charge in [-0.2, -0.15) is 0 Å². The van der Waals surface area contributed by atoms with Crippen LogP contribution in [-0.4, -0.2) is 17.3 Å². The van der Waals surface area contributed by atoms with Gasteiger partial charge in [-0.05, 0) is 75.0 Å². The minimum atomic E-state index is 0.00684. The predicted molar refractivity (Wildman–Crippen MR) is 107 cm³/mol. The molecule has 0 aromatic carbocycles. The van der Waals surface area contributed by atoms with Gasteiger partial charge >= 0.3 is 0 Å². The summed E-state index contributed by atoms with van der Waals surface area (Å²) in [6.45, 7) is 7.98. The smallest absolute Gasteiger partial charge is 0.183 e. The Morgan fingerprint density at radius 3 is 2.77 bits per heavy atom. The molecular weight excluding hydrogens is 340 g/mol. The highest BCUT2D eigenvalue weighted by molar-refractivity contribution is 7.15. The van der Waals surface area contributed by atoms with Gasteiger partial charge in [-0.15, -0.1) is 11.3 Å². The molecule has 1 unspecified atom stereocenters. The van der Waals surface area contributed by atoms with Crippen molar-refractivity contribution < 1.29 is 4.79 Å². The second kappa shape index (κ2) is 5.80. The molecule has 6 atom stereocenters. The summed E-state index contributed by atoms with van der Waals surface area (Å²) in [5, 5.41) is 4.57. The van der Waals surface area contributed by atoms with Crippen molar-refractivity contribution in [1.82, 2.24) is 4.98 Å². The molecule has 3 saturated carbocycles. The molecular formula is C22H32N2OS. The number of ketones is 1. The van der Waals surface area contributed by atoms with E-state index in [9.17, 15) is 4.79 Å². The first-order valence-corrected chi connectivity index (χ1v) is 11.6. The van der Waals surface area contributed by atoms with Crippen LogP contribution in [0.25, 0.3) is 0 Å². The molecule has 26 heavy (non-hydrogen) atoms. The number of carbonyl (C=O) groups excluding carboxylic acids is 1. The summed E-state index contributed by atoms with van der Waals surface area (Å²) in [6.07, 6.45) is 9.48. The van der Waals surface area contributed by atoms with E-state index < -0.39 is 0 Å². The number of thiazole rings is 1. The molecule has 0 aliphatic heterocycles. The number of aromatic nitrogens is 1. The van der Waals surface area contributed by atoms with E-state index in [1.807, 2.05) is 11.3 Å². The lowest BCUT2D eigenvalue weighted by Gasteiger charge is -2.59. The standard InChI is InChI=1S/C22H32N2OS/c1-4-23-20-24-17-10-12-21(2)15-9-11-22(3)14(7-8-18(22)25)13(15)5-6-16(21)19(17)26-20/h13-16H,4-12H2,1-3H3,(H,23,24)/t13-,14-,15-,16?,21+,22-/m0/s1. The van der Waals surface area contributed by atoms with E-state index in [0.717, 1.165) is 49.2 Å². The Labute approximate surface area is 161 Å². The Hall–Kier alpha value is -0.900. The van der Waals surface area contributed by atoms with E-state index >= 15 is 0 Å². The van der Waals surface area contributed by atoms with E-state index in [1.54, 1.807) is 4.88 Å². The van der Waals surface area contributed by atoms with Crippen molar-refractivity contribution in [2.45, 2.75) is 78.1 Å². The molecule has 0 bridgehead atoms. The van der Waals surface area contributed by atoms with Crippen LogP contribution in [0.4, 0.5) is 5.13 Å². The number of nitrogens with one attached hydrogen (secondary N) is 1. The summed E-state index contributed by atoms with van der Waals surface area (Å²) in [4.78, 5) is 19.1. The third-order valence-electron chi connectivity index (χ3n) is 8.85. The zero-order valence-electron chi connectivity index (χ0n) is 16.4. The molecule has 4 heteroatoms. The third-order valence-corrected chi connectivity index (χ3v) is 10.0. The third kappa shape index (κ3) is 2.17. The number of hydrogen-bond donors (Lipinski definition) is 1. The number of Topliss-reactive ketones (excluding diaryl/α,β-unsaturated/α-hetero) is 1. The molecule has 3 fully saturated rings. The largest absolute Gasteiger partial charge is 0.362 e. The highest BCUT2D eigenvalue weighted by Gasteiger charge is 2.60. The highest BCUT2D eigenvalue weighted by atomic mass is 32.1. The van der Waals surface area contributed by atoms with Crippen LogP contribution in [0.5, 0.6) is 0 Å². The maximum Gasteiger partial charge on any atom is 0.183 e. The Morgan fingerprint density at radius 1 is 1.12 bits per heavy atom. The Balaban J connectivity index is 1.48. The van der Waals surface area contributed by atoms with E-state index in [1.165, 1.54) is 31.4 Å². The molecule has 0 spiro atoms. The number of fused-ring (bicyclic) bond motifs is 7. The summed E-state index contributed by atoms with van der Waals surface area (Å²) in [7, 11) is 0. The topological polar surface area (TPSA) is 42.0 Å².